The van der Waals surface area contributed by atoms with E-state index in [4.69, 9.17) is 0 Å². The van der Waals surface area contributed by atoms with Gasteiger partial charge >= 0.3 is 0 Å². The molecule has 2 N–H and O–H groups in total. The molecule has 2 aromatic heterocycles. The van der Waals surface area contributed by atoms with Gasteiger partial charge in [0.25, 0.3) is 0 Å². The number of hydrogen-bond acceptors (Lipinski definition) is 6. The highest BCUT2D eigenvalue weighted by Gasteiger charge is 2.10. The topological polar surface area (TPSA) is 83.6 Å². The van der Waals surface area contributed by atoms with Gasteiger partial charge in [-0.15, -0.1) is 16.4 Å². The van der Waals surface area contributed by atoms with E-state index in [1.54, 1.807) is 11.3 Å². The van der Waals surface area contributed by atoms with Crippen molar-refractivity contribution >= 4 is 29.0 Å². The zero-order valence-electron chi connectivity index (χ0n) is 12.4. The van der Waals surface area contributed by atoms with E-state index in [1.165, 1.54) is 11.8 Å². The number of carbonyl (C=O) groups excluding carboxylic acids is 1. The Balaban J connectivity index is 1.79. The van der Waals surface area contributed by atoms with Gasteiger partial charge in [0.15, 0.2) is 0 Å². The number of aromatic amines is 1. The Labute approximate surface area is 132 Å². The molecule has 6 nitrogen and oxygen atoms in total. The maximum absolute atomic E-state index is 11.9. The number of nitrogens with zero attached hydrogens (tertiary/aromatic N) is 3. The lowest BCUT2D eigenvalue weighted by Gasteiger charge is -2.03. The second-order valence-corrected chi connectivity index (χ2v) is 6.67. The van der Waals surface area contributed by atoms with E-state index in [2.05, 4.69) is 32.4 Å². The number of thioether (sulfide) groups is 1. The molecule has 2 heterocycles. The van der Waals surface area contributed by atoms with E-state index in [-0.39, 0.29) is 5.91 Å². The molecule has 0 bridgehead atoms. The van der Waals surface area contributed by atoms with Crippen LogP contribution in [0.25, 0.3) is 0 Å². The van der Waals surface area contributed by atoms with Crippen molar-refractivity contribution in [3.05, 3.63) is 21.4 Å². The lowest BCUT2D eigenvalue weighted by Crippen LogP contribution is -2.24. The first-order valence-corrected chi connectivity index (χ1v) is 8.68. The lowest BCUT2D eigenvalue weighted by molar-refractivity contribution is -0.118. The molecule has 1 amide bonds. The van der Waals surface area contributed by atoms with Crippen molar-refractivity contribution in [2.75, 3.05) is 5.75 Å². The molecule has 21 heavy (non-hydrogen) atoms. The highest BCUT2D eigenvalue weighted by Crippen LogP contribution is 2.18. The van der Waals surface area contributed by atoms with Gasteiger partial charge in [0.05, 0.1) is 23.0 Å². The van der Waals surface area contributed by atoms with Crippen LogP contribution in [0.3, 0.4) is 0 Å². The van der Waals surface area contributed by atoms with Crippen molar-refractivity contribution in [2.45, 2.75) is 45.3 Å². The van der Waals surface area contributed by atoms with Crippen LogP contribution in [-0.4, -0.2) is 31.8 Å². The lowest BCUT2D eigenvalue weighted by atomic mass is 10.3. The monoisotopic (exact) mass is 325 g/mol. The minimum atomic E-state index is -0.0176. The van der Waals surface area contributed by atoms with Crippen LogP contribution in [0.4, 0.5) is 0 Å². The van der Waals surface area contributed by atoms with E-state index in [1.807, 2.05) is 13.8 Å². The summed E-state index contributed by atoms with van der Waals surface area (Å²) in [5.41, 5.74) is 1.08. The molecule has 0 saturated carbocycles. The first-order valence-electron chi connectivity index (χ1n) is 6.88. The molecular weight excluding hydrogens is 306 g/mol. The van der Waals surface area contributed by atoms with E-state index in [9.17, 15) is 4.79 Å². The highest BCUT2D eigenvalue weighted by molar-refractivity contribution is 7.99. The van der Waals surface area contributed by atoms with Gasteiger partial charge in [0.2, 0.25) is 11.1 Å². The van der Waals surface area contributed by atoms with Gasteiger partial charge < -0.3 is 5.32 Å². The number of rotatable bonds is 7. The zero-order valence-corrected chi connectivity index (χ0v) is 14.0. The third-order valence-electron chi connectivity index (χ3n) is 2.84. The van der Waals surface area contributed by atoms with Gasteiger partial charge in [0, 0.05) is 11.3 Å². The maximum Gasteiger partial charge on any atom is 0.230 e. The number of H-pyrrole nitrogens is 1. The average Bonchev–Trinajstić information content (AvgIpc) is 3.08. The zero-order chi connectivity index (χ0) is 15.2. The molecule has 0 aliphatic rings. The normalized spacial score (nSPS) is 10.8. The fraction of sp³-hybridized carbons (Fsp3) is 0.538. The molecule has 0 radical (unpaired) electrons. The standard InChI is InChI=1S/C13H19N5OS2/c1-4-9-10(21-8(3)15-9)6-14-12(19)7-20-13-16-11(5-2)17-18-13/h4-7H2,1-3H3,(H,14,19)(H,16,17,18). The van der Waals surface area contributed by atoms with Crippen LogP contribution >= 0.6 is 23.1 Å². The summed E-state index contributed by atoms with van der Waals surface area (Å²) < 4.78 is 0. The molecule has 2 rings (SSSR count). The largest absolute Gasteiger partial charge is 0.350 e. The van der Waals surface area contributed by atoms with Gasteiger partial charge in [-0.2, -0.15) is 0 Å². The molecule has 2 aromatic rings. The Bertz CT molecular complexity index is 607. The van der Waals surface area contributed by atoms with Gasteiger partial charge in [-0.1, -0.05) is 25.6 Å². The Kier molecular flexibility index (Phi) is 5.75. The van der Waals surface area contributed by atoms with Crippen molar-refractivity contribution in [3.63, 3.8) is 0 Å². The quantitative estimate of drug-likeness (QED) is 0.762. The van der Waals surface area contributed by atoms with Crippen molar-refractivity contribution in [1.82, 2.24) is 25.5 Å². The van der Waals surface area contributed by atoms with Crippen LogP contribution in [0.15, 0.2) is 5.16 Å². The van der Waals surface area contributed by atoms with Crippen LogP contribution in [-0.2, 0) is 24.2 Å². The van der Waals surface area contributed by atoms with Crippen LogP contribution < -0.4 is 5.32 Å². The number of aryl methyl sites for hydroxylation is 3. The molecule has 114 valence electrons. The molecule has 8 heteroatoms. The maximum atomic E-state index is 11.9. The van der Waals surface area contributed by atoms with Crippen LogP contribution in [0.2, 0.25) is 0 Å². The molecule has 0 fully saturated rings. The highest BCUT2D eigenvalue weighted by atomic mass is 32.2. The van der Waals surface area contributed by atoms with E-state index < -0.39 is 0 Å². The average molecular weight is 325 g/mol. The van der Waals surface area contributed by atoms with E-state index >= 15 is 0 Å². The van der Waals surface area contributed by atoms with Crippen molar-refractivity contribution < 1.29 is 4.79 Å². The second kappa shape index (κ2) is 7.56. The second-order valence-electron chi connectivity index (χ2n) is 4.44. The Morgan fingerprint density at radius 3 is 2.81 bits per heavy atom. The molecule has 0 unspecified atom stereocenters. The number of thiazole rings is 1. The number of carbonyl (C=O) groups is 1. The molecular formula is C13H19N5OS2. The molecule has 0 aliphatic carbocycles. The Morgan fingerprint density at radius 1 is 1.33 bits per heavy atom. The molecule has 0 aliphatic heterocycles. The van der Waals surface area contributed by atoms with Crippen LogP contribution in [0.5, 0.6) is 0 Å². The minimum Gasteiger partial charge on any atom is -0.350 e. The summed E-state index contributed by atoms with van der Waals surface area (Å²) in [6, 6.07) is 0. The number of hydrogen-bond donors (Lipinski definition) is 2. The van der Waals surface area contributed by atoms with Gasteiger partial charge in [-0.25, -0.2) is 9.97 Å². The summed E-state index contributed by atoms with van der Waals surface area (Å²) in [5.74, 6) is 1.14. The summed E-state index contributed by atoms with van der Waals surface area (Å²) in [6.07, 6.45) is 1.70. The van der Waals surface area contributed by atoms with E-state index in [0.29, 0.717) is 17.5 Å². The van der Waals surface area contributed by atoms with Crippen molar-refractivity contribution in [1.29, 1.82) is 0 Å². The summed E-state index contributed by atoms with van der Waals surface area (Å²) >= 11 is 2.98. The van der Waals surface area contributed by atoms with Gasteiger partial charge in [0.1, 0.15) is 5.82 Å². The number of amides is 1. The fourth-order valence-corrected chi connectivity index (χ4v) is 3.40. The Morgan fingerprint density at radius 2 is 2.14 bits per heavy atom. The minimum absolute atomic E-state index is 0.0176. The third-order valence-corrected chi connectivity index (χ3v) is 4.71. The molecule has 0 spiro atoms. The summed E-state index contributed by atoms with van der Waals surface area (Å²) in [4.78, 5) is 21.7. The van der Waals surface area contributed by atoms with Crippen molar-refractivity contribution in [3.8, 4) is 0 Å². The smallest absolute Gasteiger partial charge is 0.230 e. The summed E-state index contributed by atoms with van der Waals surface area (Å²) in [7, 11) is 0. The Hall–Kier alpha value is -1.41. The SMILES string of the molecule is CCc1nc(SCC(=O)NCc2sc(C)nc2CC)n[nH]1. The summed E-state index contributed by atoms with van der Waals surface area (Å²) in [5, 5.41) is 11.5. The van der Waals surface area contributed by atoms with Gasteiger partial charge in [-0.3, -0.25) is 9.89 Å². The first kappa shape index (κ1) is 16.0. The van der Waals surface area contributed by atoms with E-state index in [0.717, 1.165) is 34.2 Å². The fourth-order valence-electron chi connectivity index (χ4n) is 1.79. The number of nitrogens with one attached hydrogen (secondary N) is 2. The van der Waals surface area contributed by atoms with Crippen LogP contribution in [0.1, 0.15) is 35.3 Å². The van der Waals surface area contributed by atoms with Crippen LogP contribution in [0, 0.1) is 6.92 Å². The predicted octanol–water partition coefficient (Wildman–Crippen LogP) is 2.10. The predicted molar refractivity (Wildman–Crippen MR) is 84.6 cm³/mol. The molecule has 0 aromatic carbocycles. The first-order chi connectivity index (χ1) is 10.1. The summed E-state index contributed by atoms with van der Waals surface area (Å²) in [6.45, 7) is 6.61. The number of aromatic nitrogens is 4. The molecule has 0 atom stereocenters. The van der Waals surface area contributed by atoms with Gasteiger partial charge in [-0.05, 0) is 13.3 Å². The molecule has 0 saturated heterocycles. The van der Waals surface area contributed by atoms with Crippen molar-refractivity contribution in [2.24, 2.45) is 0 Å². The third kappa shape index (κ3) is 4.53.